The minimum absolute atomic E-state index is 0.201. The van der Waals surface area contributed by atoms with Gasteiger partial charge in [-0.15, -0.1) is 0 Å². The Balaban J connectivity index is 0.000000527. The molecule has 1 aliphatic rings. The molecule has 0 bridgehead atoms. The summed E-state index contributed by atoms with van der Waals surface area (Å²) in [5.41, 5.74) is 0.475. The van der Waals surface area contributed by atoms with Crippen molar-refractivity contribution in [2.24, 2.45) is 0 Å². The van der Waals surface area contributed by atoms with Crippen molar-refractivity contribution in [1.29, 1.82) is 0 Å². The van der Waals surface area contributed by atoms with Crippen LogP contribution in [0.25, 0.3) is 0 Å². The number of carbonyl (C=O) groups is 1. The van der Waals surface area contributed by atoms with Gasteiger partial charge in [0.2, 0.25) is 0 Å². The third-order valence-corrected chi connectivity index (χ3v) is 8.37. The minimum atomic E-state index is -5.24. The van der Waals surface area contributed by atoms with E-state index in [4.69, 9.17) is 9.81 Å². The van der Waals surface area contributed by atoms with Gasteiger partial charge in [-0.05, 0) is 6.92 Å². The Hall–Kier alpha value is -1.68. The molecule has 9 nitrogen and oxygen atoms in total. The van der Waals surface area contributed by atoms with E-state index >= 15 is 0 Å². The minimum Gasteiger partial charge on any atom is -0.286 e. The maximum atomic E-state index is 12.6. The smallest absolute Gasteiger partial charge is 0.264 e. The topological polar surface area (TPSA) is 150 Å². The average Bonchev–Trinajstić information content (AvgIpc) is 2.62. The summed E-state index contributed by atoms with van der Waals surface area (Å²) in [4.78, 5) is 11.4. The summed E-state index contributed by atoms with van der Waals surface area (Å²) < 4.78 is 52.2. The first-order valence-corrected chi connectivity index (χ1v) is 12.7. The van der Waals surface area contributed by atoms with E-state index in [1.165, 1.54) is 19.9 Å². The number of nitrogens with one attached hydrogen (secondary N) is 1. The molecular weight excluding hydrogens is 441 g/mol. The van der Waals surface area contributed by atoms with Crippen molar-refractivity contribution in [1.82, 2.24) is 5.32 Å². The Morgan fingerprint density at radius 2 is 1.85 bits per heavy atom. The Bertz CT molecular complexity index is 852. The largest absolute Gasteiger partial charge is 0.286 e. The second kappa shape index (κ2) is 9.49. The fourth-order valence-corrected chi connectivity index (χ4v) is 5.40. The number of benzene rings is 1. The molecule has 11 heteroatoms. The van der Waals surface area contributed by atoms with Crippen LogP contribution in [0.1, 0.15) is 19.4 Å². The third-order valence-electron chi connectivity index (χ3n) is 3.78. The van der Waals surface area contributed by atoms with Crippen LogP contribution >= 0.6 is 0 Å². The number of hydrogen-bond donors (Lipinski definition) is 4. The number of rotatable bonds is 5. The van der Waals surface area contributed by atoms with Crippen molar-refractivity contribution < 1.29 is 34.7 Å². The van der Waals surface area contributed by atoms with E-state index < -0.39 is 34.5 Å². The molecule has 2 unspecified atom stereocenters. The summed E-state index contributed by atoms with van der Waals surface area (Å²) >= 11 is -5.24. The SMILES string of the molecule is CC(=O)NC1C=CC=C[C@]1(c1ccccc1)[As](=O)(O)OO.CCS(=O)(=O)O. The predicted molar refractivity (Wildman–Crippen MR) is 98.5 cm³/mol. The zero-order valence-corrected chi connectivity index (χ0v) is 17.4. The van der Waals surface area contributed by atoms with Crippen molar-refractivity contribution in [2.75, 3.05) is 5.75 Å². The zero-order valence-electron chi connectivity index (χ0n) is 14.7. The van der Waals surface area contributed by atoms with Crippen molar-refractivity contribution in [3.8, 4) is 0 Å². The zero-order chi connectivity index (χ0) is 20.7. The van der Waals surface area contributed by atoms with Gasteiger partial charge < -0.3 is 0 Å². The maximum absolute atomic E-state index is 12.6. The maximum Gasteiger partial charge on any atom is 0.264 e. The normalized spacial score (nSPS) is 23.7. The molecule has 3 atom stereocenters. The molecule has 0 saturated carbocycles. The summed E-state index contributed by atoms with van der Waals surface area (Å²) in [5, 5.41) is 11.6. The van der Waals surface area contributed by atoms with E-state index in [1.54, 1.807) is 48.6 Å². The third kappa shape index (κ3) is 5.90. The summed E-state index contributed by atoms with van der Waals surface area (Å²) in [7, 11) is -3.66. The quantitative estimate of drug-likeness (QED) is 0.217. The molecule has 0 spiro atoms. The second-order valence-corrected chi connectivity index (χ2v) is 11.4. The van der Waals surface area contributed by atoms with Crippen LogP contribution in [0.2, 0.25) is 0 Å². The van der Waals surface area contributed by atoms with Crippen molar-refractivity contribution in [3.05, 3.63) is 60.2 Å². The van der Waals surface area contributed by atoms with Crippen molar-refractivity contribution in [3.63, 3.8) is 0 Å². The van der Waals surface area contributed by atoms with E-state index in [0.29, 0.717) is 5.56 Å². The van der Waals surface area contributed by atoms with E-state index in [2.05, 4.69) is 9.19 Å². The fourth-order valence-electron chi connectivity index (χ4n) is 2.49. The molecule has 0 aromatic heterocycles. The molecule has 0 heterocycles. The molecule has 2 rings (SSSR count). The summed E-state index contributed by atoms with van der Waals surface area (Å²) in [6.07, 6.45) is 6.33. The monoisotopic (exact) mass is 463 g/mol. The van der Waals surface area contributed by atoms with Gasteiger partial charge in [-0.1, -0.05) is 0 Å². The van der Waals surface area contributed by atoms with E-state index in [0.717, 1.165) is 0 Å². The molecule has 0 saturated heterocycles. The Kier molecular flexibility index (Phi) is 8.21. The van der Waals surface area contributed by atoms with Crippen LogP contribution in [0.3, 0.4) is 0 Å². The molecule has 0 radical (unpaired) electrons. The number of hydrogen-bond acceptors (Lipinski definition) is 6. The molecule has 1 amide bonds. The van der Waals surface area contributed by atoms with E-state index in [-0.39, 0.29) is 11.7 Å². The summed E-state index contributed by atoms with van der Waals surface area (Å²) in [5.74, 6) is -0.554. The van der Waals surface area contributed by atoms with Gasteiger partial charge in [-0.2, -0.15) is 8.42 Å². The summed E-state index contributed by atoms with van der Waals surface area (Å²) in [6, 6.07) is 7.69. The Labute approximate surface area is 160 Å². The summed E-state index contributed by atoms with van der Waals surface area (Å²) in [6.45, 7) is 2.69. The molecule has 1 aromatic rings. The molecule has 1 aliphatic carbocycles. The van der Waals surface area contributed by atoms with Gasteiger partial charge in [0, 0.05) is 0 Å². The van der Waals surface area contributed by atoms with Gasteiger partial charge in [0.05, 0.1) is 5.75 Å². The van der Waals surface area contributed by atoms with Gasteiger partial charge in [-0.25, -0.2) is 0 Å². The van der Waals surface area contributed by atoms with Crippen LogP contribution in [0, 0.1) is 0 Å². The van der Waals surface area contributed by atoms with Gasteiger partial charge in [0.25, 0.3) is 10.1 Å². The molecule has 0 fully saturated rings. The van der Waals surface area contributed by atoms with Crippen LogP contribution in [0.15, 0.2) is 54.6 Å². The van der Waals surface area contributed by atoms with Gasteiger partial charge in [0.15, 0.2) is 0 Å². The van der Waals surface area contributed by atoms with Gasteiger partial charge in [0.1, 0.15) is 0 Å². The number of allylic oxidation sites excluding steroid dienone is 2. The molecule has 0 aliphatic heterocycles. The first-order valence-electron chi connectivity index (χ1n) is 7.80. The molecule has 1 aromatic carbocycles. The van der Waals surface area contributed by atoms with Crippen LogP contribution in [-0.2, 0) is 26.7 Å². The van der Waals surface area contributed by atoms with Crippen LogP contribution in [-0.4, -0.2) is 54.2 Å². The van der Waals surface area contributed by atoms with Crippen LogP contribution < -0.4 is 5.32 Å². The van der Waals surface area contributed by atoms with Gasteiger partial charge in [-0.3, -0.25) is 4.55 Å². The second-order valence-electron chi connectivity index (χ2n) is 5.59. The van der Waals surface area contributed by atoms with Gasteiger partial charge >= 0.3 is 125 Å². The molecule has 4 N–H and O–H groups in total. The van der Waals surface area contributed by atoms with E-state index in [9.17, 15) is 21.0 Å². The van der Waals surface area contributed by atoms with Crippen LogP contribution in [0.4, 0.5) is 0 Å². The average molecular weight is 463 g/mol. The first kappa shape index (κ1) is 23.4. The van der Waals surface area contributed by atoms with Crippen molar-refractivity contribution >= 4 is 30.2 Å². The van der Waals surface area contributed by atoms with E-state index in [1.807, 2.05) is 0 Å². The fraction of sp³-hybridized carbons (Fsp3) is 0.312. The first-order chi connectivity index (χ1) is 12.5. The predicted octanol–water partition coefficient (Wildman–Crippen LogP) is 0.840. The number of carbonyl (C=O) groups excluding carboxylic acids is 1. The molecule has 27 heavy (non-hydrogen) atoms. The van der Waals surface area contributed by atoms with Crippen molar-refractivity contribution in [2.45, 2.75) is 24.1 Å². The van der Waals surface area contributed by atoms with Crippen LogP contribution in [0.5, 0.6) is 0 Å². The Morgan fingerprint density at radius 1 is 1.30 bits per heavy atom. The molecular formula is C16H22AsNO8S. The standard InChI is InChI=1S/C14H16AsNO5.C2H6O3S/c1-11(17)16-13-9-5-6-10-14(13,15(18,19)21-20)12-7-3-2-4-8-12;1-2-6(3,4)5/h2-10,13,20H,1H3,(H,16,17)(H,18,19);2H2,1H3,(H,3,4,5)/t13?,14-;/m1./s1. The number of amides is 1. The molecule has 150 valence electrons. The Morgan fingerprint density at radius 3 is 2.30 bits per heavy atom.